The van der Waals surface area contributed by atoms with Crippen LogP contribution in [0.15, 0.2) is 53.2 Å². The van der Waals surface area contributed by atoms with Gasteiger partial charge in [0.15, 0.2) is 17.2 Å². The number of carbonyl (C=O) groups is 2. The van der Waals surface area contributed by atoms with E-state index in [2.05, 4.69) is 4.99 Å². The molecular weight excluding hydrogens is 392 g/mol. The van der Waals surface area contributed by atoms with Crippen LogP contribution in [0.2, 0.25) is 0 Å². The molecule has 0 saturated heterocycles. The van der Waals surface area contributed by atoms with E-state index in [4.69, 9.17) is 14.2 Å². The number of nitro groups is 1. The number of nitro benzene ring substituents is 1. The van der Waals surface area contributed by atoms with Crippen LogP contribution < -0.4 is 9.47 Å². The summed E-state index contributed by atoms with van der Waals surface area (Å²) in [6, 6.07) is 10.4. The lowest BCUT2D eigenvalue weighted by Gasteiger charge is -2.11. The van der Waals surface area contributed by atoms with Gasteiger partial charge >= 0.3 is 11.9 Å². The van der Waals surface area contributed by atoms with Gasteiger partial charge in [-0.05, 0) is 29.8 Å². The molecule has 9 heteroatoms. The third-order valence-electron chi connectivity index (χ3n) is 4.10. The zero-order chi connectivity index (χ0) is 21.8. The Hall–Kier alpha value is -4.01. The van der Waals surface area contributed by atoms with Crippen LogP contribution in [-0.2, 0) is 14.3 Å². The third-order valence-corrected chi connectivity index (χ3v) is 4.10. The topological polar surface area (TPSA) is 117 Å². The molecule has 0 aromatic heterocycles. The van der Waals surface area contributed by atoms with Crippen molar-refractivity contribution in [2.24, 2.45) is 10.9 Å². The molecule has 154 valence electrons. The van der Waals surface area contributed by atoms with Crippen molar-refractivity contribution in [1.29, 1.82) is 0 Å². The van der Waals surface area contributed by atoms with Crippen molar-refractivity contribution in [3.8, 4) is 11.5 Å². The number of hydrogen-bond acceptors (Lipinski definition) is 8. The molecule has 0 amide bonds. The summed E-state index contributed by atoms with van der Waals surface area (Å²) in [4.78, 5) is 38.5. The number of ether oxygens (including phenoxy) is 3. The SMILES string of the molecule is COc1cc(/C=C2\N=C(c3cccc([N+](=O)[O-])c3)OC2=O)ccc1OC(=O)C(C)C. The van der Waals surface area contributed by atoms with Gasteiger partial charge in [-0.15, -0.1) is 0 Å². The van der Waals surface area contributed by atoms with Gasteiger partial charge in [0.1, 0.15) is 0 Å². The number of carbonyl (C=O) groups excluding carboxylic acids is 2. The quantitative estimate of drug-likeness (QED) is 0.235. The largest absolute Gasteiger partial charge is 0.493 e. The number of benzene rings is 2. The maximum Gasteiger partial charge on any atom is 0.363 e. The van der Waals surface area contributed by atoms with E-state index in [-0.39, 0.29) is 28.9 Å². The van der Waals surface area contributed by atoms with Gasteiger partial charge in [0, 0.05) is 17.7 Å². The molecule has 0 bridgehead atoms. The van der Waals surface area contributed by atoms with Gasteiger partial charge in [-0.25, -0.2) is 9.79 Å². The summed E-state index contributed by atoms with van der Waals surface area (Å²) in [7, 11) is 1.43. The number of nitrogens with zero attached hydrogens (tertiary/aromatic N) is 2. The first-order chi connectivity index (χ1) is 14.3. The number of cyclic esters (lactones) is 1. The van der Waals surface area contributed by atoms with Crippen molar-refractivity contribution < 1.29 is 28.7 Å². The average molecular weight is 410 g/mol. The molecule has 3 rings (SSSR count). The van der Waals surface area contributed by atoms with Crippen molar-refractivity contribution in [3.63, 3.8) is 0 Å². The summed E-state index contributed by atoms with van der Waals surface area (Å²) in [5.41, 5.74) is 0.757. The van der Waals surface area contributed by atoms with Crippen LogP contribution in [0.25, 0.3) is 6.08 Å². The molecule has 2 aromatic rings. The standard InChI is InChI=1S/C21H18N2O7/c1-12(2)20(24)29-17-8-7-13(10-18(17)28-3)9-16-21(25)30-19(22-16)14-5-4-6-15(11-14)23(26)27/h4-12H,1-3H3/b16-9-. The van der Waals surface area contributed by atoms with Crippen LogP contribution in [-0.4, -0.2) is 29.9 Å². The first-order valence-corrected chi connectivity index (χ1v) is 8.95. The third kappa shape index (κ3) is 4.52. The van der Waals surface area contributed by atoms with Crippen molar-refractivity contribution in [2.75, 3.05) is 7.11 Å². The van der Waals surface area contributed by atoms with Crippen molar-refractivity contribution in [2.45, 2.75) is 13.8 Å². The van der Waals surface area contributed by atoms with E-state index in [1.807, 2.05) is 0 Å². The van der Waals surface area contributed by atoms with E-state index in [9.17, 15) is 19.7 Å². The number of aliphatic imine (C=N–C) groups is 1. The first kappa shape index (κ1) is 20.7. The van der Waals surface area contributed by atoms with E-state index in [0.29, 0.717) is 16.9 Å². The van der Waals surface area contributed by atoms with E-state index in [0.717, 1.165) is 0 Å². The van der Waals surface area contributed by atoms with Crippen LogP contribution >= 0.6 is 0 Å². The maximum absolute atomic E-state index is 12.2. The molecule has 1 heterocycles. The predicted molar refractivity (Wildman–Crippen MR) is 107 cm³/mol. The molecule has 1 aliphatic rings. The molecule has 0 aliphatic carbocycles. The minimum atomic E-state index is -0.689. The fourth-order valence-electron chi connectivity index (χ4n) is 2.53. The second-order valence-corrected chi connectivity index (χ2v) is 6.63. The lowest BCUT2D eigenvalue weighted by Crippen LogP contribution is -2.15. The monoisotopic (exact) mass is 410 g/mol. The van der Waals surface area contributed by atoms with Crippen LogP contribution in [0.3, 0.4) is 0 Å². The van der Waals surface area contributed by atoms with E-state index >= 15 is 0 Å². The smallest absolute Gasteiger partial charge is 0.363 e. The Labute approximate surface area is 171 Å². The minimum absolute atomic E-state index is 0.0190. The molecule has 0 saturated carbocycles. The molecular formula is C21H18N2O7. The van der Waals surface area contributed by atoms with E-state index in [1.165, 1.54) is 31.4 Å². The highest BCUT2D eigenvalue weighted by molar-refractivity contribution is 6.13. The lowest BCUT2D eigenvalue weighted by atomic mass is 10.1. The average Bonchev–Trinajstić information content (AvgIpc) is 3.09. The highest BCUT2D eigenvalue weighted by Crippen LogP contribution is 2.30. The Bertz CT molecular complexity index is 1090. The van der Waals surface area contributed by atoms with Gasteiger partial charge < -0.3 is 14.2 Å². The number of hydrogen-bond donors (Lipinski definition) is 0. The molecule has 0 N–H and O–H groups in total. The molecule has 0 spiro atoms. The number of methoxy groups -OCH3 is 1. The summed E-state index contributed by atoms with van der Waals surface area (Å²) in [5.74, 6) is -0.841. The number of rotatable bonds is 6. The van der Waals surface area contributed by atoms with Gasteiger partial charge in [-0.1, -0.05) is 26.0 Å². The van der Waals surface area contributed by atoms with Gasteiger partial charge in [0.05, 0.1) is 18.0 Å². The van der Waals surface area contributed by atoms with E-state index in [1.54, 1.807) is 38.1 Å². The van der Waals surface area contributed by atoms with Crippen molar-refractivity contribution in [3.05, 3.63) is 69.4 Å². The second-order valence-electron chi connectivity index (χ2n) is 6.63. The molecule has 30 heavy (non-hydrogen) atoms. The molecule has 0 fully saturated rings. The fraction of sp³-hybridized carbons (Fsp3) is 0.190. The Morgan fingerprint density at radius 1 is 1.20 bits per heavy atom. The highest BCUT2D eigenvalue weighted by atomic mass is 16.6. The predicted octanol–water partition coefficient (Wildman–Crippen LogP) is 3.51. The molecule has 0 radical (unpaired) electrons. The Balaban J connectivity index is 1.89. The van der Waals surface area contributed by atoms with Crippen LogP contribution in [0.1, 0.15) is 25.0 Å². The minimum Gasteiger partial charge on any atom is -0.493 e. The summed E-state index contributed by atoms with van der Waals surface area (Å²) in [6.45, 7) is 3.44. The second kappa shape index (κ2) is 8.56. The van der Waals surface area contributed by atoms with Gasteiger partial charge in [0.25, 0.3) is 5.69 Å². The molecule has 1 aliphatic heterocycles. The highest BCUT2D eigenvalue weighted by Gasteiger charge is 2.25. The van der Waals surface area contributed by atoms with Crippen LogP contribution in [0.5, 0.6) is 11.5 Å². The lowest BCUT2D eigenvalue weighted by molar-refractivity contribution is -0.384. The summed E-state index contributed by atoms with van der Waals surface area (Å²) in [5, 5.41) is 10.9. The summed E-state index contributed by atoms with van der Waals surface area (Å²) < 4.78 is 15.7. The van der Waals surface area contributed by atoms with Crippen LogP contribution in [0.4, 0.5) is 5.69 Å². The normalized spacial score (nSPS) is 14.5. The number of esters is 2. The fourth-order valence-corrected chi connectivity index (χ4v) is 2.53. The van der Waals surface area contributed by atoms with Gasteiger partial charge in [0.2, 0.25) is 5.90 Å². The zero-order valence-corrected chi connectivity index (χ0v) is 16.4. The van der Waals surface area contributed by atoms with E-state index < -0.39 is 16.9 Å². The maximum atomic E-state index is 12.2. The molecule has 0 unspecified atom stereocenters. The van der Waals surface area contributed by atoms with Crippen LogP contribution in [0, 0.1) is 16.0 Å². The molecule has 9 nitrogen and oxygen atoms in total. The molecule has 0 atom stereocenters. The zero-order valence-electron chi connectivity index (χ0n) is 16.4. The Morgan fingerprint density at radius 3 is 2.63 bits per heavy atom. The summed E-state index contributed by atoms with van der Waals surface area (Å²) >= 11 is 0. The van der Waals surface area contributed by atoms with Gasteiger partial charge in [-0.3, -0.25) is 14.9 Å². The first-order valence-electron chi connectivity index (χ1n) is 8.95. The Morgan fingerprint density at radius 2 is 1.97 bits per heavy atom. The van der Waals surface area contributed by atoms with Crippen molar-refractivity contribution in [1.82, 2.24) is 0 Å². The molecule has 2 aromatic carbocycles. The summed E-state index contributed by atoms with van der Waals surface area (Å²) in [6.07, 6.45) is 1.48. The van der Waals surface area contributed by atoms with Gasteiger partial charge in [-0.2, -0.15) is 0 Å². The number of non-ortho nitro benzene ring substituents is 1. The Kier molecular flexibility index (Phi) is 5.91. The van der Waals surface area contributed by atoms with Crippen molar-refractivity contribution >= 4 is 29.6 Å².